The van der Waals surface area contributed by atoms with Crippen molar-refractivity contribution in [2.45, 2.75) is 18.7 Å². The van der Waals surface area contributed by atoms with Gasteiger partial charge in [-0.05, 0) is 31.5 Å². The normalized spacial score (nSPS) is 12.3. The molecule has 0 aromatic carbocycles. The van der Waals surface area contributed by atoms with Crippen LogP contribution in [0.15, 0.2) is 4.90 Å². The lowest BCUT2D eigenvalue weighted by molar-refractivity contribution is 0.409. The lowest BCUT2D eigenvalue weighted by Gasteiger charge is -2.27. The van der Waals surface area contributed by atoms with Crippen LogP contribution in [0.25, 0.3) is 0 Å². The number of hydrogen-bond donors (Lipinski definition) is 1. The first-order valence-electron chi connectivity index (χ1n) is 6.47. The number of nitrogens with zero attached hydrogens (tertiary/aromatic N) is 3. The minimum absolute atomic E-state index is 0.103. The van der Waals surface area contributed by atoms with E-state index in [0.717, 1.165) is 31.2 Å². The number of aromatic nitrogens is 1. The summed E-state index contributed by atoms with van der Waals surface area (Å²) >= 11 is 1.16. The van der Waals surface area contributed by atoms with Gasteiger partial charge in [-0.1, -0.05) is 13.8 Å². The zero-order chi connectivity index (χ0) is 15.5. The summed E-state index contributed by atoms with van der Waals surface area (Å²) in [5.74, 6) is 0.527. The van der Waals surface area contributed by atoms with Crippen LogP contribution in [0.2, 0.25) is 0 Å². The smallest absolute Gasteiger partial charge is 0.182 e. The molecule has 0 saturated carbocycles. The number of nitrogens with two attached hydrogens (primary N) is 1. The van der Waals surface area contributed by atoms with E-state index in [2.05, 4.69) is 28.0 Å². The predicted octanol–water partition coefficient (Wildman–Crippen LogP) is 1.15. The molecule has 1 aromatic rings. The molecule has 0 unspecified atom stereocenters. The third kappa shape index (κ3) is 4.60. The van der Waals surface area contributed by atoms with Crippen LogP contribution in [0.1, 0.15) is 13.8 Å². The Hall–Kier alpha value is -0.860. The van der Waals surface area contributed by atoms with Crippen LogP contribution in [-0.2, 0) is 9.84 Å². The van der Waals surface area contributed by atoms with E-state index in [4.69, 9.17) is 5.73 Å². The van der Waals surface area contributed by atoms with Crippen molar-refractivity contribution in [1.29, 1.82) is 0 Å². The maximum Gasteiger partial charge on any atom is 0.182 e. The van der Waals surface area contributed by atoms with Crippen molar-refractivity contribution in [2.75, 3.05) is 50.6 Å². The van der Waals surface area contributed by atoms with Crippen molar-refractivity contribution in [3.05, 3.63) is 0 Å². The highest BCUT2D eigenvalue weighted by Crippen LogP contribution is 2.34. The first kappa shape index (κ1) is 17.2. The van der Waals surface area contributed by atoms with E-state index in [1.807, 2.05) is 14.1 Å². The van der Waals surface area contributed by atoms with E-state index in [9.17, 15) is 8.42 Å². The molecular formula is C12H24N4O2S2. The second-order valence-electron chi connectivity index (χ2n) is 5.62. The summed E-state index contributed by atoms with van der Waals surface area (Å²) < 4.78 is 27.9. The van der Waals surface area contributed by atoms with Gasteiger partial charge in [0.15, 0.2) is 15.7 Å². The van der Waals surface area contributed by atoms with Gasteiger partial charge in [-0.25, -0.2) is 8.42 Å². The number of sulfone groups is 1. The molecule has 0 aliphatic heterocycles. The Morgan fingerprint density at radius 3 is 2.35 bits per heavy atom. The molecule has 8 heteroatoms. The minimum Gasteiger partial charge on any atom is -0.382 e. The van der Waals surface area contributed by atoms with E-state index in [1.54, 1.807) is 0 Å². The molecule has 1 heterocycles. The fraction of sp³-hybridized carbons (Fsp3) is 0.750. The van der Waals surface area contributed by atoms with Crippen LogP contribution >= 0.6 is 11.5 Å². The van der Waals surface area contributed by atoms with Gasteiger partial charge in [0.2, 0.25) is 0 Å². The lowest BCUT2D eigenvalue weighted by atomic mass is 10.2. The Labute approximate surface area is 125 Å². The zero-order valence-corrected chi connectivity index (χ0v) is 14.4. The topological polar surface area (TPSA) is 79.5 Å². The van der Waals surface area contributed by atoms with E-state index in [0.29, 0.717) is 10.9 Å². The summed E-state index contributed by atoms with van der Waals surface area (Å²) in [6, 6.07) is 0. The van der Waals surface area contributed by atoms with Crippen molar-refractivity contribution in [2.24, 2.45) is 5.92 Å². The summed E-state index contributed by atoms with van der Waals surface area (Å²) in [5, 5.41) is 0.653. The van der Waals surface area contributed by atoms with Crippen molar-refractivity contribution in [3.63, 3.8) is 0 Å². The number of nitrogen functional groups attached to an aromatic ring is 1. The second-order valence-corrected chi connectivity index (χ2v) is 8.32. The fourth-order valence-corrected chi connectivity index (χ4v) is 4.11. The Kier molecular flexibility index (Phi) is 5.79. The van der Waals surface area contributed by atoms with E-state index >= 15 is 0 Å². The second kappa shape index (κ2) is 6.73. The Balaban J connectivity index is 3.14. The molecule has 1 rings (SSSR count). The van der Waals surface area contributed by atoms with Gasteiger partial charge < -0.3 is 15.5 Å². The van der Waals surface area contributed by atoms with Crippen LogP contribution in [-0.4, -0.2) is 57.7 Å². The monoisotopic (exact) mass is 320 g/mol. The predicted molar refractivity (Wildman–Crippen MR) is 85.2 cm³/mol. The average Bonchev–Trinajstić information content (AvgIpc) is 2.65. The number of anilines is 2. The Morgan fingerprint density at radius 2 is 1.90 bits per heavy atom. The Morgan fingerprint density at radius 1 is 1.30 bits per heavy atom. The minimum atomic E-state index is -3.37. The van der Waals surface area contributed by atoms with Gasteiger partial charge in [0, 0.05) is 25.9 Å². The Bertz CT molecular complexity index is 538. The molecule has 0 bridgehead atoms. The van der Waals surface area contributed by atoms with Crippen LogP contribution in [0.3, 0.4) is 0 Å². The number of rotatable bonds is 7. The SMILES string of the molecule is CC(C)CN(CCN(C)C)c1snc(N)c1S(C)(=O)=O. The fourth-order valence-electron chi connectivity index (χ4n) is 1.87. The van der Waals surface area contributed by atoms with Crippen molar-refractivity contribution >= 4 is 32.2 Å². The summed E-state index contributed by atoms with van der Waals surface area (Å²) in [6.45, 7) is 6.57. The first-order chi connectivity index (χ1) is 9.12. The quantitative estimate of drug-likeness (QED) is 0.812. The summed E-state index contributed by atoms with van der Waals surface area (Å²) in [4.78, 5) is 4.30. The van der Waals surface area contributed by atoms with Crippen molar-refractivity contribution in [1.82, 2.24) is 9.27 Å². The van der Waals surface area contributed by atoms with Gasteiger partial charge in [0.05, 0.1) is 0 Å². The van der Waals surface area contributed by atoms with Crippen molar-refractivity contribution in [3.8, 4) is 0 Å². The lowest BCUT2D eigenvalue weighted by Crippen LogP contribution is -2.34. The molecule has 0 saturated heterocycles. The third-order valence-corrected chi connectivity index (χ3v) is 4.91. The van der Waals surface area contributed by atoms with Gasteiger partial charge in [-0.3, -0.25) is 0 Å². The molecule has 0 atom stereocenters. The summed E-state index contributed by atoms with van der Waals surface area (Å²) in [5.41, 5.74) is 5.74. The number of likely N-dealkylation sites (N-methyl/N-ethyl adjacent to an activating group) is 1. The largest absolute Gasteiger partial charge is 0.382 e. The van der Waals surface area contributed by atoms with Crippen LogP contribution in [0, 0.1) is 5.92 Å². The molecule has 0 fully saturated rings. The van der Waals surface area contributed by atoms with Crippen molar-refractivity contribution < 1.29 is 8.42 Å². The van der Waals surface area contributed by atoms with E-state index < -0.39 is 9.84 Å². The molecule has 0 amide bonds. The number of hydrogen-bond acceptors (Lipinski definition) is 7. The highest BCUT2D eigenvalue weighted by Gasteiger charge is 2.25. The van der Waals surface area contributed by atoms with E-state index in [-0.39, 0.29) is 10.7 Å². The molecular weight excluding hydrogens is 296 g/mol. The maximum absolute atomic E-state index is 11.9. The third-order valence-electron chi connectivity index (χ3n) is 2.72. The highest BCUT2D eigenvalue weighted by atomic mass is 32.2. The summed E-state index contributed by atoms with van der Waals surface area (Å²) in [6.07, 6.45) is 1.18. The van der Waals surface area contributed by atoms with Gasteiger partial charge >= 0.3 is 0 Å². The molecule has 0 radical (unpaired) electrons. The molecule has 0 aliphatic rings. The van der Waals surface area contributed by atoms with Gasteiger partial charge in [-0.2, -0.15) is 4.37 Å². The molecule has 2 N–H and O–H groups in total. The van der Waals surface area contributed by atoms with E-state index in [1.165, 1.54) is 6.26 Å². The van der Waals surface area contributed by atoms with Crippen LogP contribution in [0.5, 0.6) is 0 Å². The average molecular weight is 320 g/mol. The molecule has 0 spiro atoms. The molecule has 6 nitrogen and oxygen atoms in total. The van der Waals surface area contributed by atoms with Crippen LogP contribution in [0.4, 0.5) is 10.8 Å². The standard InChI is InChI=1S/C12H24N4O2S2/c1-9(2)8-16(7-6-15(3)4)12-10(20(5,17)18)11(13)14-19-12/h9H,6-8H2,1-5H3,(H2,13,14). The molecule has 0 aliphatic carbocycles. The summed E-state index contributed by atoms with van der Waals surface area (Å²) in [7, 11) is 0.612. The molecule has 20 heavy (non-hydrogen) atoms. The van der Waals surface area contributed by atoms with Gasteiger partial charge in [0.1, 0.15) is 9.90 Å². The maximum atomic E-state index is 11.9. The van der Waals surface area contributed by atoms with Crippen LogP contribution < -0.4 is 10.6 Å². The molecule has 1 aromatic heterocycles. The zero-order valence-electron chi connectivity index (χ0n) is 12.8. The highest BCUT2D eigenvalue weighted by molar-refractivity contribution is 7.91. The van der Waals surface area contributed by atoms with Gasteiger partial charge in [-0.15, -0.1) is 0 Å². The van der Waals surface area contributed by atoms with Gasteiger partial charge in [0.25, 0.3) is 0 Å². The molecule has 116 valence electrons. The first-order valence-corrected chi connectivity index (χ1v) is 9.14.